The molecule has 5 nitrogen and oxygen atoms in total. The lowest BCUT2D eigenvalue weighted by molar-refractivity contribution is -0.923. The lowest BCUT2D eigenvalue weighted by atomic mass is 9.87. The second-order valence-corrected chi connectivity index (χ2v) is 10.7. The average molecular weight is 525 g/mol. The zero-order valence-electron chi connectivity index (χ0n) is 23.4. The van der Waals surface area contributed by atoms with Gasteiger partial charge in [0.1, 0.15) is 19.3 Å². The zero-order valence-corrected chi connectivity index (χ0v) is 23.4. The second kappa shape index (κ2) is 11.8. The van der Waals surface area contributed by atoms with Gasteiger partial charge in [-0.05, 0) is 46.5 Å². The van der Waals surface area contributed by atoms with Crippen molar-refractivity contribution in [2.75, 3.05) is 34.9 Å². The smallest absolute Gasteiger partial charge is 0.162 e. The minimum absolute atomic E-state index is 0.263. The van der Waals surface area contributed by atoms with Gasteiger partial charge < -0.3 is 23.4 Å². The Morgan fingerprint density at radius 1 is 0.641 bits per heavy atom. The van der Waals surface area contributed by atoms with E-state index in [1.807, 2.05) is 42.5 Å². The van der Waals surface area contributed by atoms with Crippen molar-refractivity contribution >= 4 is 0 Å². The van der Waals surface area contributed by atoms with Crippen LogP contribution in [0.4, 0.5) is 0 Å². The maximum Gasteiger partial charge on any atom is 0.162 e. The van der Waals surface area contributed by atoms with Crippen molar-refractivity contribution in [2.45, 2.75) is 32.1 Å². The average Bonchev–Trinajstić information content (AvgIpc) is 2.97. The van der Waals surface area contributed by atoms with Crippen molar-refractivity contribution in [3.63, 3.8) is 0 Å². The molecule has 0 aliphatic carbocycles. The van der Waals surface area contributed by atoms with Gasteiger partial charge in [0.15, 0.2) is 23.0 Å². The van der Waals surface area contributed by atoms with Crippen LogP contribution in [-0.4, -0.2) is 39.3 Å². The monoisotopic (exact) mass is 524 g/mol. The Kier molecular flexibility index (Phi) is 8.08. The first-order valence-electron chi connectivity index (χ1n) is 13.5. The Labute approximate surface area is 232 Å². The first-order valence-corrected chi connectivity index (χ1v) is 13.5. The molecule has 0 fully saturated rings. The van der Waals surface area contributed by atoms with Crippen LogP contribution in [0.2, 0.25) is 0 Å². The number of hydrogen-bond donors (Lipinski definition) is 0. The fourth-order valence-corrected chi connectivity index (χ4v) is 5.37. The van der Waals surface area contributed by atoms with Gasteiger partial charge in [-0.25, -0.2) is 0 Å². The SMILES string of the molecule is COc1cc(C[C@@H]2c3cc(OCc4ccccc4)c(OC)cc3CC[N+]2(C)C)ccc1OCc1ccccc1. The van der Waals surface area contributed by atoms with E-state index in [9.17, 15) is 0 Å². The van der Waals surface area contributed by atoms with E-state index in [1.54, 1.807) is 14.2 Å². The summed E-state index contributed by atoms with van der Waals surface area (Å²) < 4.78 is 24.8. The lowest BCUT2D eigenvalue weighted by Gasteiger charge is -2.43. The molecule has 5 rings (SSSR count). The Morgan fingerprint density at radius 2 is 1.23 bits per heavy atom. The number of benzene rings is 4. The molecule has 0 saturated carbocycles. The molecule has 4 aromatic rings. The van der Waals surface area contributed by atoms with E-state index < -0.39 is 0 Å². The molecule has 0 aromatic heterocycles. The predicted octanol–water partition coefficient (Wildman–Crippen LogP) is 6.78. The molecule has 39 heavy (non-hydrogen) atoms. The molecular formula is C34H38NO4+. The number of hydrogen-bond acceptors (Lipinski definition) is 4. The molecule has 0 radical (unpaired) electrons. The van der Waals surface area contributed by atoms with Crippen molar-refractivity contribution in [3.05, 3.63) is 119 Å². The molecule has 1 aliphatic rings. The molecule has 0 amide bonds. The predicted molar refractivity (Wildman–Crippen MR) is 155 cm³/mol. The van der Waals surface area contributed by atoms with Gasteiger partial charge in [-0.2, -0.15) is 0 Å². The van der Waals surface area contributed by atoms with Crippen LogP contribution in [0.3, 0.4) is 0 Å². The number of quaternary nitrogens is 1. The molecule has 202 valence electrons. The van der Waals surface area contributed by atoms with E-state index in [4.69, 9.17) is 18.9 Å². The van der Waals surface area contributed by atoms with E-state index in [1.165, 1.54) is 16.7 Å². The van der Waals surface area contributed by atoms with Crippen LogP contribution < -0.4 is 18.9 Å². The van der Waals surface area contributed by atoms with Crippen molar-refractivity contribution in [1.29, 1.82) is 0 Å². The van der Waals surface area contributed by atoms with Crippen LogP contribution >= 0.6 is 0 Å². The van der Waals surface area contributed by atoms with Crippen molar-refractivity contribution in [2.24, 2.45) is 0 Å². The number of likely N-dealkylation sites (N-methyl/N-ethyl adjacent to an activating group) is 1. The third kappa shape index (κ3) is 6.21. The van der Waals surface area contributed by atoms with Gasteiger partial charge in [-0.1, -0.05) is 66.7 Å². The van der Waals surface area contributed by atoms with Crippen LogP contribution in [0.1, 0.15) is 33.9 Å². The largest absolute Gasteiger partial charge is 0.493 e. The standard InChI is InChI=1S/C34H38NO4/c1-35(2)18-17-28-21-33(37-4)34(39-24-26-13-9-6-10-14-26)22-29(28)30(35)19-27-15-16-31(32(20-27)36-3)38-23-25-11-7-5-8-12-25/h5-16,20-22,30H,17-19,23-24H2,1-4H3/q+1/t30-/m1/s1. The van der Waals surface area contributed by atoms with Gasteiger partial charge in [0.05, 0.1) is 34.9 Å². The summed E-state index contributed by atoms with van der Waals surface area (Å²) in [5.74, 6) is 3.09. The maximum atomic E-state index is 6.29. The minimum atomic E-state index is 0.263. The van der Waals surface area contributed by atoms with E-state index in [-0.39, 0.29) is 6.04 Å². The third-order valence-electron chi connectivity index (χ3n) is 7.72. The first-order chi connectivity index (χ1) is 19.0. The number of methoxy groups -OCH3 is 2. The normalized spacial score (nSPS) is 15.7. The molecule has 0 spiro atoms. The van der Waals surface area contributed by atoms with Gasteiger partial charge in [0, 0.05) is 18.4 Å². The van der Waals surface area contributed by atoms with Crippen LogP contribution in [0.5, 0.6) is 23.0 Å². The van der Waals surface area contributed by atoms with Gasteiger partial charge in [-0.3, -0.25) is 0 Å². The number of fused-ring (bicyclic) bond motifs is 1. The van der Waals surface area contributed by atoms with Crippen LogP contribution in [-0.2, 0) is 26.1 Å². The zero-order chi connectivity index (χ0) is 27.2. The van der Waals surface area contributed by atoms with Crippen LogP contribution in [0, 0.1) is 0 Å². The topological polar surface area (TPSA) is 36.9 Å². The Morgan fingerprint density at radius 3 is 1.85 bits per heavy atom. The summed E-state index contributed by atoms with van der Waals surface area (Å²) in [6.45, 7) is 2.06. The minimum Gasteiger partial charge on any atom is -0.493 e. The summed E-state index contributed by atoms with van der Waals surface area (Å²) in [7, 11) is 8.05. The fourth-order valence-electron chi connectivity index (χ4n) is 5.37. The van der Waals surface area contributed by atoms with E-state index >= 15 is 0 Å². The molecule has 0 unspecified atom stereocenters. The summed E-state index contributed by atoms with van der Waals surface area (Å²) in [5, 5.41) is 0. The molecular weight excluding hydrogens is 486 g/mol. The van der Waals surface area contributed by atoms with Crippen molar-refractivity contribution < 1.29 is 23.4 Å². The third-order valence-corrected chi connectivity index (χ3v) is 7.72. The molecule has 1 heterocycles. The highest BCUT2D eigenvalue weighted by Crippen LogP contribution is 2.42. The molecule has 5 heteroatoms. The number of rotatable bonds is 10. The van der Waals surface area contributed by atoms with Crippen molar-refractivity contribution in [3.8, 4) is 23.0 Å². The Hall–Kier alpha value is -3.96. The van der Waals surface area contributed by atoms with E-state index in [0.29, 0.717) is 13.2 Å². The quantitative estimate of drug-likeness (QED) is 0.214. The van der Waals surface area contributed by atoms with Gasteiger partial charge in [0.2, 0.25) is 0 Å². The highest BCUT2D eigenvalue weighted by Gasteiger charge is 2.37. The van der Waals surface area contributed by atoms with Crippen molar-refractivity contribution in [1.82, 2.24) is 0 Å². The highest BCUT2D eigenvalue weighted by atomic mass is 16.5. The van der Waals surface area contributed by atoms with Gasteiger partial charge in [0.25, 0.3) is 0 Å². The summed E-state index contributed by atoms with van der Waals surface area (Å²) >= 11 is 0. The molecule has 0 bridgehead atoms. The molecule has 0 N–H and O–H groups in total. The lowest BCUT2D eigenvalue weighted by Crippen LogP contribution is -2.48. The first kappa shape index (κ1) is 26.6. The molecule has 1 atom stereocenters. The highest BCUT2D eigenvalue weighted by molar-refractivity contribution is 5.50. The van der Waals surface area contributed by atoms with Crippen LogP contribution in [0.15, 0.2) is 91.0 Å². The maximum absolute atomic E-state index is 6.29. The summed E-state index contributed by atoms with van der Waals surface area (Å²) in [5.41, 5.74) is 6.12. The number of nitrogens with zero attached hydrogens (tertiary/aromatic N) is 1. The fraction of sp³-hybridized carbons (Fsp3) is 0.294. The van der Waals surface area contributed by atoms with Crippen LogP contribution in [0.25, 0.3) is 0 Å². The van der Waals surface area contributed by atoms with Gasteiger partial charge >= 0.3 is 0 Å². The Balaban J connectivity index is 1.40. The summed E-state index contributed by atoms with van der Waals surface area (Å²) in [6, 6.07) is 31.4. The van der Waals surface area contributed by atoms with E-state index in [2.05, 4.69) is 62.6 Å². The Bertz CT molecular complexity index is 1390. The number of ether oxygens (including phenoxy) is 4. The molecule has 0 saturated heterocycles. The van der Waals surface area contributed by atoms with Gasteiger partial charge in [-0.15, -0.1) is 0 Å². The molecule has 4 aromatic carbocycles. The second-order valence-electron chi connectivity index (χ2n) is 10.7. The summed E-state index contributed by atoms with van der Waals surface area (Å²) in [6.07, 6.45) is 1.88. The summed E-state index contributed by atoms with van der Waals surface area (Å²) in [4.78, 5) is 0. The molecule has 1 aliphatic heterocycles. The van der Waals surface area contributed by atoms with E-state index in [0.717, 1.165) is 58.0 Å².